The standard InChI is InChI=1S/C21H24N2O3/c1-16-14-17-6-4-5-7-20(17)23(16)15-21(24)22(2)12-13-26-19-10-8-18(25-3)9-11-19/h4-11,14H,12-13,15H2,1-3H3. The zero-order valence-electron chi connectivity index (χ0n) is 15.4. The number of aryl methyl sites for hydroxylation is 1. The van der Waals surface area contributed by atoms with Crippen LogP contribution in [0.4, 0.5) is 0 Å². The lowest BCUT2D eigenvalue weighted by molar-refractivity contribution is -0.130. The summed E-state index contributed by atoms with van der Waals surface area (Å²) in [6, 6.07) is 17.6. The summed E-state index contributed by atoms with van der Waals surface area (Å²) in [5.74, 6) is 1.62. The van der Waals surface area contributed by atoms with Gasteiger partial charge in [0.15, 0.2) is 0 Å². The van der Waals surface area contributed by atoms with E-state index >= 15 is 0 Å². The molecule has 3 aromatic rings. The van der Waals surface area contributed by atoms with E-state index in [9.17, 15) is 4.79 Å². The summed E-state index contributed by atoms with van der Waals surface area (Å²) in [7, 11) is 3.44. The minimum atomic E-state index is 0.0628. The van der Waals surface area contributed by atoms with Gasteiger partial charge in [-0.1, -0.05) is 18.2 Å². The molecule has 5 nitrogen and oxygen atoms in total. The highest BCUT2D eigenvalue weighted by atomic mass is 16.5. The van der Waals surface area contributed by atoms with E-state index in [1.807, 2.05) is 49.4 Å². The number of ether oxygens (including phenoxy) is 2. The molecule has 1 aromatic heterocycles. The smallest absolute Gasteiger partial charge is 0.242 e. The number of hydrogen-bond acceptors (Lipinski definition) is 3. The van der Waals surface area contributed by atoms with Crippen LogP contribution in [-0.4, -0.2) is 42.7 Å². The van der Waals surface area contributed by atoms with Crippen molar-refractivity contribution >= 4 is 16.8 Å². The molecule has 26 heavy (non-hydrogen) atoms. The number of aromatic nitrogens is 1. The van der Waals surface area contributed by atoms with Crippen LogP contribution in [0.25, 0.3) is 10.9 Å². The first-order valence-corrected chi connectivity index (χ1v) is 8.64. The second kappa shape index (κ2) is 7.95. The van der Waals surface area contributed by atoms with Gasteiger partial charge in [0.2, 0.25) is 5.91 Å². The molecule has 0 radical (unpaired) electrons. The number of para-hydroxylation sites is 1. The molecule has 0 saturated carbocycles. The van der Waals surface area contributed by atoms with Gasteiger partial charge in [0.25, 0.3) is 0 Å². The maximum absolute atomic E-state index is 12.6. The summed E-state index contributed by atoms with van der Waals surface area (Å²) in [4.78, 5) is 14.3. The maximum Gasteiger partial charge on any atom is 0.242 e. The second-order valence-corrected chi connectivity index (χ2v) is 6.27. The summed E-state index contributed by atoms with van der Waals surface area (Å²) in [6.07, 6.45) is 0. The van der Waals surface area contributed by atoms with E-state index in [4.69, 9.17) is 9.47 Å². The van der Waals surface area contributed by atoms with Gasteiger partial charge in [0.1, 0.15) is 24.7 Å². The Kier molecular flexibility index (Phi) is 5.46. The van der Waals surface area contributed by atoms with Crippen LogP contribution in [0.5, 0.6) is 11.5 Å². The van der Waals surface area contributed by atoms with Crippen LogP contribution in [0.1, 0.15) is 5.69 Å². The number of benzene rings is 2. The zero-order chi connectivity index (χ0) is 18.5. The Labute approximate surface area is 153 Å². The SMILES string of the molecule is COc1ccc(OCCN(C)C(=O)Cn2c(C)cc3ccccc32)cc1. The molecule has 1 heterocycles. The van der Waals surface area contributed by atoms with Gasteiger partial charge in [-0.15, -0.1) is 0 Å². The fourth-order valence-electron chi connectivity index (χ4n) is 2.91. The van der Waals surface area contributed by atoms with Gasteiger partial charge in [-0.05, 0) is 48.7 Å². The lowest BCUT2D eigenvalue weighted by Gasteiger charge is -2.19. The third-order valence-electron chi connectivity index (χ3n) is 4.49. The molecular weight excluding hydrogens is 328 g/mol. The Bertz CT molecular complexity index is 884. The van der Waals surface area contributed by atoms with Crippen LogP contribution >= 0.6 is 0 Å². The molecule has 0 aliphatic carbocycles. The fraction of sp³-hybridized carbons (Fsp3) is 0.286. The number of fused-ring (bicyclic) bond motifs is 1. The number of amides is 1. The molecule has 136 valence electrons. The van der Waals surface area contributed by atoms with E-state index in [1.54, 1.807) is 19.1 Å². The predicted octanol–water partition coefficient (Wildman–Crippen LogP) is 3.50. The van der Waals surface area contributed by atoms with E-state index in [1.165, 1.54) is 0 Å². The van der Waals surface area contributed by atoms with Crippen LogP contribution in [0, 0.1) is 6.92 Å². The predicted molar refractivity (Wildman–Crippen MR) is 103 cm³/mol. The zero-order valence-corrected chi connectivity index (χ0v) is 15.4. The minimum Gasteiger partial charge on any atom is -0.497 e. The van der Waals surface area contributed by atoms with Crippen LogP contribution in [0.15, 0.2) is 54.6 Å². The molecule has 2 aromatic carbocycles. The highest BCUT2D eigenvalue weighted by molar-refractivity contribution is 5.84. The van der Waals surface area contributed by atoms with E-state index < -0.39 is 0 Å². The topological polar surface area (TPSA) is 43.7 Å². The van der Waals surface area contributed by atoms with Crippen molar-refractivity contribution in [2.75, 3.05) is 27.3 Å². The molecule has 0 fully saturated rings. The van der Waals surface area contributed by atoms with Crippen LogP contribution in [0.3, 0.4) is 0 Å². The number of likely N-dealkylation sites (N-methyl/N-ethyl adjacent to an activating group) is 1. The number of hydrogen-bond donors (Lipinski definition) is 0. The Morgan fingerprint density at radius 3 is 2.50 bits per heavy atom. The quantitative estimate of drug-likeness (QED) is 0.654. The van der Waals surface area contributed by atoms with Crippen molar-refractivity contribution in [3.05, 3.63) is 60.3 Å². The van der Waals surface area contributed by atoms with E-state index in [-0.39, 0.29) is 5.91 Å². The van der Waals surface area contributed by atoms with Gasteiger partial charge in [-0.25, -0.2) is 0 Å². The molecule has 5 heteroatoms. The molecule has 0 saturated heterocycles. The largest absolute Gasteiger partial charge is 0.497 e. The molecule has 1 amide bonds. The minimum absolute atomic E-state index is 0.0628. The van der Waals surface area contributed by atoms with Gasteiger partial charge >= 0.3 is 0 Å². The average molecular weight is 352 g/mol. The third kappa shape index (κ3) is 3.99. The van der Waals surface area contributed by atoms with E-state index in [2.05, 4.69) is 16.7 Å². The first-order valence-electron chi connectivity index (χ1n) is 8.64. The van der Waals surface area contributed by atoms with Crippen molar-refractivity contribution in [3.8, 4) is 11.5 Å². The molecular formula is C21H24N2O3. The lowest BCUT2D eigenvalue weighted by Crippen LogP contribution is -2.33. The summed E-state index contributed by atoms with van der Waals surface area (Å²) in [5, 5.41) is 1.16. The van der Waals surface area contributed by atoms with Crippen molar-refractivity contribution in [3.63, 3.8) is 0 Å². The third-order valence-corrected chi connectivity index (χ3v) is 4.49. The monoisotopic (exact) mass is 352 g/mol. The Morgan fingerprint density at radius 2 is 1.77 bits per heavy atom. The average Bonchev–Trinajstić information content (AvgIpc) is 2.97. The summed E-state index contributed by atoms with van der Waals surface area (Å²) in [5.41, 5.74) is 2.17. The highest BCUT2D eigenvalue weighted by Gasteiger charge is 2.13. The molecule has 0 aliphatic heterocycles. The molecule has 0 spiro atoms. The van der Waals surface area contributed by atoms with Gasteiger partial charge in [-0.3, -0.25) is 4.79 Å². The van der Waals surface area contributed by atoms with Gasteiger partial charge in [0, 0.05) is 18.3 Å². The van der Waals surface area contributed by atoms with Crippen molar-refractivity contribution in [1.82, 2.24) is 9.47 Å². The fourth-order valence-corrected chi connectivity index (χ4v) is 2.91. The van der Waals surface area contributed by atoms with Gasteiger partial charge in [-0.2, -0.15) is 0 Å². The van der Waals surface area contributed by atoms with E-state index in [0.29, 0.717) is 19.7 Å². The summed E-state index contributed by atoms with van der Waals surface area (Å²) < 4.78 is 12.9. The number of methoxy groups -OCH3 is 1. The first kappa shape index (κ1) is 17.9. The molecule has 3 rings (SSSR count). The van der Waals surface area contributed by atoms with Crippen LogP contribution in [-0.2, 0) is 11.3 Å². The lowest BCUT2D eigenvalue weighted by atomic mass is 10.2. The summed E-state index contributed by atoms with van der Waals surface area (Å²) in [6.45, 7) is 3.33. The van der Waals surface area contributed by atoms with Crippen LogP contribution < -0.4 is 9.47 Å². The number of rotatable bonds is 7. The number of carbonyl (C=O) groups excluding carboxylic acids is 1. The number of carbonyl (C=O) groups is 1. The van der Waals surface area contributed by atoms with E-state index in [0.717, 1.165) is 28.1 Å². The van der Waals surface area contributed by atoms with Crippen molar-refractivity contribution in [2.45, 2.75) is 13.5 Å². The second-order valence-electron chi connectivity index (χ2n) is 6.27. The maximum atomic E-state index is 12.6. The summed E-state index contributed by atoms with van der Waals surface area (Å²) >= 11 is 0. The van der Waals surface area contributed by atoms with Crippen molar-refractivity contribution < 1.29 is 14.3 Å². The van der Waals surface area contributed by atoms with Gasteiger partial charge in [0.05, 0.1) is 13.7 Å². The molecule has 0 N–H and O–H groups in total. The first-order chi connectivity index (χ1) is 12.6. The molecule has 0 unspecified atom stereocenters. The molecule has 0 bridgehead atoms. The number of nitrogens with zero attached hydrogens (tertiary/aromatic N) is 2. The van der Waals surface area contributed by atoms with Crippen LogP contribution in [0.2, 0.25) is 0 Å². The Morgan fingerprint density at radius 1 is 1.08 bits per heavy atom. The Balaban J connectivity index is 1.55. The van der Waals surface area contributed by atoms with Crippen molar-refractivity contribution in [1.29, 1.82) is 0 Å². The Hall–Kier alpha value is -2.95. The molecule has 0 atom stereocenters. The van der Waals surface area contributed by atoms with Gasteiger partial charge < -0.3 is 18.9 Å². The van der Waals surface area contributed by atoms with Crippen molar-refractivity contribution in [2.24, 2.45) is 0 Å². The highest BCUT2D eigenvalue weighted by Crippen LogP contribution is 2.19. The normalized spacial score (nSPS) is 10.7. The molecule has 0 aliphatic rings.